The monoisotopic (exact) mass is 407 g/mol. The van der Waals surface area contributed by atoms with Gasteiger partial charge in [0.05, 0.1) is 11.6 Å². The van der Waals surface area contributed by atoms with Crippen LogP contribution in [0.25, 0.3) is 6.08 Å². The highest BCUT2D eigenvalue weighted by atomic mass is 32.2. The number of hydrogen-bond acceptors (Lipinski definition) is 5. The van der Waals surface area contributed by atoms with Crippen LogP contribution in [0.3, 0.4) is 0 Å². The quantitative estimate of drug-likeness (QED) is 0.714. The number of para-hydroxylation sites is 1. The minimum atomic E-state index is -0.193. The molecule has 0 radical (unpaired) electrons. The van der Waals surface area contributed by atoms with E-state index in [4.69, 9.17) is 0 Å². The van der Waals surface area contributed by atoms with E-state index in [0.29, 0.717) is 11.6 Å². The first-order valence-corrected chi connectivity index (χ1v) is 10.7. The summed E-state index contributed by atoms with van der Waals surface area (Å²) < 4.78 is 0. The van der Waals surface area contributed by atoms with E-state index in [1.807, 2.05) is 31.2 Å². The molecule has 2 aliphatic rings. The summed E-state index contributed by atoms with van der Waals surface area (Å²) in [6.45, 7) is 7.94. The molecule has 0 atom stereocenters. The van der Waals surface area contributed by atoms with Crippen molar-refractivity contribution >= 4 is 34.7 Å². The van der Waals surface area contributed by atoms with Crippen molar-refractivity contribution in [3.05, 3.63) is 70.1 Å². The summed E-state index contributed by atoms with van der Waals surface area (Å²) in [5, 5.41) is -0.185. The number of aryl methyl sites for hydroxylation is 2. The van der Waals surface area contributed by atoms with Crippen molar-refractivity contribution in [2.24, 2.45) is 0 Å². The third kappa shape index (κ3) is 4.38. The summed E-state index contributed by atoms with van der Waals surface area (Å²) in [6.07, 6.45) is 1.81. The Kier molecular flexibility index (Phi) is 5.74. The van der Waals surface area contributed by atoms with Gasteiger partial charge in [-0.25, -0.2) is 0 Å². The molecule has 0 unspecified atom stereocenters. The summed E-state index contributed by atoms with van der Waals surface area (Å²) in [5.41, 5.74) is 4.64. The predicted molar refractivity (Wildman–Crippen MR) is 119 cm³/mol. The number of hydrogen-bond donors (Lipinski definition) is 0. The summed E-state index contributed by atoms with van der Waals surface area (Å²) in [4.78, 5) is 31.6. The minimum absolute atomic E-state index is 0.185. The Morgan fingerprint density at radius 3 is 2.31 bits per heavy atom. The van der Waals surface area contributed by atoms with Gasteiger partial charge in [0, 0.05) is 31.9 Å². The molecule has 0 aliphatic carbocycles. The third-order valence-electron chi connectivity index (χ3n) is 5.42. The zero-order chi connectivity index (χ0) is 20.4. The van der Waals surface area contributed by atoms with Crippen molar-refractivity contribution in [2.75, 3.05) is 37.7 Å². The van der Waals surface area contributed by atoms with Crippen molar-refractivity contribution in [3.63, 3.8) is 0 Å². The van der Waals surface area contributed by atoms with E-state index in [9.17, 15) is 9.59 Å². The van der Waals surface area contributed by atoms with Gasteiger partial charge in [0.1, 0.15) is 0 Å². The molecule has 0 bridgehead atoms. The van der Waals surface area contributed by atoms with Crippen LogP contribution in [0.5, 0.6) is 0 Å². The van der Waals surface area contributed by atoms with E-state index in [1.54, 1.807) is 6.08 Å². The maximum Gasteiger partial charge on any atom is 0.294 e. The number of imide groups is 1. The van der Waals surface area contributed by atoms with Crippen LogP contribution in [-0.4, -0.2) is 53.8 Å². The number of amides is 2. The second kappa shape index (κ2) is 8.43. The van der Waals surface area contributed by atoms with Crippen LogP contribution in [0.1, 0.15) is 16.7 Å². The van der Waals surface area contributed by atoms with Crippen LogP contribution in [-0.2, 0) is 4.79 Å². The fourth-order valence-electron chi connectivity index (χ4n) is 3.68. The van der Waals surface area contributed by atoms with Crippen LogP contribution < -0.4 is 4.90 Å². The Hall–Kier alpha value is -2.57. The van der Waals surface area contributed by atoms with E-state index in [2.05, 4.69) is 41.0 Å². The molecular weight excluding hydrogens is 382 g/mol. The number of thioether (sulfide) groups is 1. The molecule has 2 aliphatic heterocycles. The molecule has 5 nitrogen and oxygen atoms in total. The van der Waals surface area contributed by atoms with E-state index in [-0.39, 0.29) is 11.1 Å². The van der Waals surface area contributed by atoms with E-state index < -0.39 is 0 Å². The Morgan fingerprint density at radius 1 is 0.931 bits per heavy atom. The first kappa shape index (κ1) is 19.7. The van der Waals surface area contributed by atoms with Crippen molar-refractivity contribution in [2.45, 2.75) is 13.8 Å². The summed E-state index contributed by atoms with van der Waals surface area (Å²) in [5.74, 6) is -0.193. The largest absolute Gasteiger partial charge is 0.369 e. The van der Waals surface area contributed by atoms with E-state index >= 15 is 0 Å². The number of carbonyl (C=O) groups is 2. The van der Waals surface area contributed by atoms with Crippen molar-refractivity contribution in [1.29, 1.82) is 0 Å². The molecule has 0 aromatic heterocycles. The van der Waals surface area contributed by atoms with Crippen LogP contribution >= 0.6 is 11.8 Å². The lowest BCUT2D eigenvalue weighted by Crippen LogP contribution is -2.51. The zero-order valence-corrected chi connectivity index (χ0v) is 17.6. The Bertz CT molecular complexity index is 947. The van der Waals surface area contributed by atoms with Crippen LogP contribution in [0.15, 0.2) is 53.4 Å². The van der Waals surface area contributed by atoms with E-state index in [0.717, 1.165) is 43.5 Å². The second-order valence-corrected chi connectivity index (χ2v) is 8.55. The van der Waals surface area contributed by atoms with Gasteiger partial charge in [-0.3, -0.25) is 19.4 Å². The molecule has 2 saturated heterocycles. The topological polar surface area (TPSA) is 43.9 Å². The standard InChI is InChI=1S/C23H25N3O2S/c1-17-7-9-19(10-8-17)15-21-22(27)26(23(28)29-21)16-24-11-13-25(14-12-24)20-6-4-3-5-18(20)2/h3-10,15H,11-14,16H2,1-2H3/b21-15+. The van der Waals surface area contributed by atoms with Crippen LogP contribution in [0.2, 0.25) is 0 Å². The normalized spacial score (nSPS) is 19.4. The Balaban J connectivity index is 1.38. The molecule has 2 aromatic rings. The Morgan fingerprint density at radius 2 is 1.62 bits per heavy atom. The lowest BCUT2D eigenvalue weighted by Gasteiger charge is -2.37. The number of rotatable bonds is 4. The van der Waals surface area contributed by atoms with Gasteiger partial charge in [-0.2, -0.15) is 0 Å². The molecule has 2 aromatic carbocycles. The van der Waals surface area contributed by atoms with Gasteiger partial charge < -0.3 is 4.90 Å². The van der Waals surface area contributed by atoms with Crippen LogP contribution in [0.4, 0.5) is 10.5 Å². The number of anilines is 1. The van der Waals surface area contributed by atoms with Gasteiger partial charge in [0.2, 0.25) is 0 Å². The van der Waals surface area contributed by atoms with Gasteiger partial charge in [-0.1, -0.05) is 48.0 Å². The highest BCUT2D eigenvalue weighted by Gasteiger charge is 2.36. The van der Waals surface area contributed by atoms with Gasteiger partial charge in [0.15, 0.2) is 0 Å². The highest BCUT2D eigenvalue weighted by Crippen LogP contribution is 2.32. The SMILES string of the molecule is Cc1ccc(/C=C2/SC(=O)N(CN3CCN(c4ccccc4C)CC3)C2=O)cc1. The Labute approximate surface area is 176 Å². The molecule has 6 heteroatoms. The molecule has 0 spiro atoms. The number of benzene rings is 2. The maximum atomic E-state index is 12.8. The molecule has 2 heterocycles. The van der Waals surface area contributed by atoms with Crippen molar-refractivity contribution in [1.82, 2.24) is 9.80 Å². The van der Waals surface area contributed by atoms with E-state index in [1.165, 1.54) is 21.7 Å². The number of nitrogens with zero attached hydrogens (tertiary/aromatic N) is 3. The van der Waals surface area contributed by atoms with Crippen molar-refractivity contribution < 1.29 is 9.59 Å². The average molecular weight is 408 g/mol. The first-order chi connectivity index (χ1) is 14.0. The van der Waals surface area contributed by atoms with Gasteiger partial charge in [0.25, 0.3) is 11.1 Å². The molecular formula is C23H25N3O2S. The lowest BCUT2D eigenvalue weighted by molar-refractivity contribution is -0.124. The second-order valence-electron chi connectivity index (χ2n) is 7.55. The van der Waals surface area contributed by atoms with Crippen molar-refractivity contribution in [3.8, 4) is 0 Å². The molecule has 0 N–H and O–H groups in total. The molecule has 2 fully saturated rings. The fraction of sp³-hybridized carbons (Fsp3) is 0.304. The van der Waals surface area contributed by atoms with Gasteiger partial charge in [-0.15, -0.1) is 0 Å². The number of carbonyl (C=O) groups excluding carboxylic acids is 2. The molecule has 2 amide bonds. The maximum absolute atomic E-state index is 12.8. The highest BCUT2D eigenvalue weighted by molar-refractivity contribution is 8.18. The zero-order valence-electron chi connectivity index (χ0n) is 16.8. The fourth-order valence-corrected chi connectivity index (χ4v) is 4.52. The molecule has 29 heavy (non-hydrogen) atoms. The first-order valence-electron chi connectivity index (χ1n) is 9.86. The lowest BCUT2D eigenvalue weighted by atomic mass is 10.1. The summed E-state index contributed by atoms with van der Waals surface area (Å²) in [6, 6.07) is 16.3. The van der Waals surface area contributed by atoms with Gasteiger partial charge in [-0.05, 0) is 48.9 Å². The smallest absolute Gasteiger partial charge is 0.294 e. The average Bonchev–Trinajstić information content (AvgIpc) is 2.98. The summed E-state index contributed by atoms with van der Waals surface area (Å²) >= 11 is 1.03. The summed E-state index contributed by atoms with van der Waals surface area (Å²) in [7, 11) is 0. The minimum Gasteiger partial charge on any atom is -0.369 e. The number of piperazine rings is 1. The third-order valence-corrected chi connectivity index (χ3v) is 6.33. The van der Waals surface area contributed by atoms with Gasteiger partial charge >= 0.3 is 0 Å². The predicted octanol–water partition coefficient (Wildman–Crippen LogP) is 4.12. The molecule has 0 saturated carbocycles. The van der Waals surface area contributed by atoms with Crippen LogP contribution in [0, 0.1) is 13.8 Å². The molecule has 150 valence electrons. The molecule has 4 rings (SSSR count).